The Hall–Kier alpha value is -1.98. The average molecular weight is 439 g/mol. The number of morpholine rings is 1. The first-order valence-electron chi connectivity index (χ1n) is 10.9. The Bertz CT molecular complexity index is 725. The molecule has 0 aromatic heterocycles. The number of aliphatic hydroxyl groups excluding tert-OH is 2. The molecule has 0 bridgehead atoms. The van der Waals surface area contributed by atoms with Crippen LogP contribution in [0.2, 0.25) is 0 Å². The molecule has 172 valence electrons. The number of rotatable bonds is 5. The molecule has 4 atom stereocenters. The highest BCUT2D eigenvalue weighted by Crippen LogP contribution is 2.27. The fraction of sp³-hybridized carbons (Fsp3) is 0.667. The van der Waals surface area contributed by atoms with Gasteiger partial charge in [0.15, 0.2) is 0 Å². The number of nitrogens with one attached hydrogen (secondary N) is 1. The van der Waals surface area contributed by atoms with E-state index >= 15 is 0 Å². The van der Waals surface area contributed by atoms with E-state index in [-0.39, 0.29) is 31.0 Å². The van der Waals surface area contributed by atoms with Crippen LogP contribution >= 0.6 is 0 Å². The lowest BCUT2D eigenvalue weighted by Gasteiger charge is -2.41. The Labute approximate surface area is 181 Å². The summed E-state index contributed by atoms with van der Waals surface area (Å²) in [6.45, 7) is 4.97. The molecule has 4 unspecified atom stereocenters. The summed E-state index contributed by atoms with van der Waals surface area (Å²) in [5.74, 6) is -0.259. The smallest absolute Gasteiger partial charge is 0.317 e. The SMILES string of the molecule is O=C(NCC1OC(CO)C(O)C1N1CCN(c2ccc(F)cc2)CC1)N1CCOCC1. The summed E-state index contributed by atoms with van der Waals surface area (Å²) in [6.07, 6.45) is -1.94. The highest BCUT2D eigenvalue weighted by atomic mass is 19.1. The largest absolute Gasteiger partial charge is 0.394 e. The summed E-state index contributed by atoms with van der Waals surface area (Å²) in [5, 5.41) is 23.3. The van der Waals surface area contributed by atoms with Crippen LogP contribution in [0.15, 0.2) is 24.3 Å². The number of piperazine rings is 1. The summed E-state index contributed by atoms with van der Waals surface area (Å²) < 4.78 is 24.4. The van der Waals surface area contributed by atoms with E-state index < -0.39 is 18.3 Å². The standard InChI is InChI=1S/C21H31FN4O5/c22-15-1-3-16(4-2-15)24-5-7-25(8-6-24)19-17(31-18(14-27)20(19)28)13-23-21(29)26-9-11-30-12-10-26/h1-4,17-20,27-28H,5-14H2,(H,23,29). The molecule has 4 rings (SSSR count). The molecule has 3 heterocycles. The number of hydrogen-bond donors (Lipinski definition) is 3. The van der Waals surface area contributed by atoms with Crippen LogP contribution in [0, 0.1) is 5.82 Å². The second-order valence-electron chi connectivity index (χ2n) is 8.16. The zero-order valence-electron chi connectivity index (χ0n) is 17.5. The Balaban J connectivity index is 1.35. The third-order valence-electron chi connectivity index (χ3n) is 6.32. The zero-order valence-corrected chi connectivity index (χ0v) is 17.5. The van der Waals surface area contributed by atoms with Crippen LogP contribution in [-0.4, -0.2) is 116 Å². The van der Waals surface area contributed by atoms with Crippen LogP contribution < -0.4 is 10.2 Å². The maximum absolute atomic E-state index is 13.2. The molecule has 0 saturated carbocycles. The van der Waals surface area contributed by atoms with E-state index in [1.165, 1.54) is 12.1 Å². The van der Waals surface area contributed by atoms with E-state index in [4.69, 9.17) is 9.47 Å². The van der Waals surface area contributed by atoms with E-state index in [9.17, 15) is 19.4 Å². The van der Waals surface area contributed by atoms with Crippen molar-refractivity contribution in [2.24, 2.45) is 0 Å². The third-order valence-corrected chi connectivity index (χ3v) is 6.32. The molecule has 3 N–H and O–H groups in total. The van der Waals surface area contributed by atoms with Gasteiger partial charge < -0.3 is 34.8 Å². The Kier molecular flexibility index (Phi) is 7.24. The predicted molar refractivity (Wildman–Crippen MR) is 112 cm³/mol. The number of benzene rings is 1. The number of nitrogens with zero attached hydrogens (tertiary/aromatic N) is 3. The van der Waals surface area contributed by atoms with E-state index in [0.29, 0.717) is 39.4 Å². The molecule has 3 saturated heterocycles. The lowest BCUT2D eigenvalue weighted by atomic mass is 10.0. The monoisotopic (exact) mass is 438 g/mol. The minimum absolute atomic E-state index is 0.172. The van der Waals surface area contributed by atoms with Crippen LogP contribution in [0.5, 0.6) is 0 Å². The molecule has 10 heteroatoms. The van der Waals surface area contributed by atoms with Gasteiger partial charge in [-0.1, -0.05) is 0 Å². The number of ether oxygens (including phenoxy) is 2. The normalized spacial score (nSPS) is 29.9. The van der Waals surface area contributed by atoms with Crippen LogP contribution in [0.3, 0.4) is 0 Å². The first kappa shape index (κ1) is 22.2. The second-order valence-corrected chi connectivity index (χ2v) is 8.16. The van der Waals surface area contributed by atoms with Crippen molar-refractivity contribution in [3.05, 3.63) is 30.1 Å². The Morgan fingerprint density at radius 2 is 1.74 bits per heavy atom. The molecule has 1 aromatic rings. The van der Waals surface area contributed by atoms with Gasteiger partial charge >= 0.3 is 6.03 Å². The highest BCUT2D eigenvalue weighted by molar-refractivity contribution is 5.74. The fourth-order valence-electron chi connectivity index (χ4n) is 4.59. The number of aliphatic hydroxyl groups is 2. The van der Waals surface area contributed by atoms with Crippen molar-refractivity contribution in [3.63, 3.8) is 0 Å². The number of carbonyl (C=O) groups is 1. The topological polar surface area (TPSA) is 97.7 Å². The quantitative estimate of drug-likeness (QED) is 0.569. The number of amides is 2. The maximum Gasteiger partial charge on any atom is 0.317 e. The van der Waals surface area contributed by atoms with E-state index in [1.807, 2.05) is 0 Å². The Morgan fingerprint density at radius 3 is 2.39 bits per heavy atom. The van der Waals surface area contributed by atoms with Crippen molar-refractivity contribution in [2.75, 3.05) is 70.5 Å². The third kappa shape index (κ3) is 5.09. The van der Waals surface area contributed by atoms with Crippen LogP contribution in [0.25, 0.3) is 0 Å². The molecular formula is C21H31FN4O5. The minimum atomic E-state index is -0.840. The number of carbonyl (C=O) groups excluding carboxylic acids is 1. The summed E-state index contributed by atoms with van der Waals surface area (Å²) in [5.41, 5.74) is 0.965. The molecule has 2 amide bonds. The summed E-state index contributed by atoms with van der Waals surface area (Å²) in [4.78, 5) is 18.5. The molecule has 31 heavy (non-hydrogen) atoms. The molecule has 3 fully saturated rings. The van der Waals surface area contributed by atoms with Crippen molar-refractivity contribution in [3.8, 4) is 0 Å². The molecule has 0 radical (unpaired) electrons. The van der Waals surface area contributed by atoms with E-state index in [1.54, 1.807) is 17.0 Å². The van der Waals surface area contributed by atoms with Gasteiger partial charge in [0, 0.05) is 51.5 Å². The molecular weight excluding hydrogens is 407 g/mol. The average Bonchev–Trinajstić information content (AvgIpc) is 3.14. The Morgan fingerprint density at radius 1 is 1.06 bits per heavy atom. The highest BCUT2D eigenvalue weighted by Gasteiger charge is 2.46. The van der Waals surface area contributed by atoms with Crippen molar-refractivity contribution >= 4 is 11.7 Å². The lowest BCUT2D eigenvalue weighted by Crippen LogP contribution is -2.58. The number of halogens is 1. The molecule has 9 nitrogen and oxygen atoms in total. The van der Waals surface area contributed by atoms with Gasteiger partial charge in [0.2, 0.25) is 0 Å². The van der Waals surface area contributed by atoms with Gasteiger partial charge in [-0.15, -0.1) is 0 Å². The van der Waals surface area contributed by atoms with Gasteiger partial charge in [-0.2, -0.15) is 0 Å². The molecule has 0 aliphatic carbocycles. The van der Waals surface area contributed by atoms with Gasteiger partial charge in [0.25, 0.3) is 0 Å². The van der Waals surface area contributed by atoms with Crippen molar-refractivity contribution in [2.45, 2.75) is 24.4 Å². The molecule has 3 aliphatic rings. The lowest BCUT2D eigenvalue weighted by molar-refractivity contribution is -0.0211. The molecule has 3 aliphatic heterocycles. The zero-order chi connectivity index (χ0) is 21.8. The van der Waals surface area contributed by atoms with Gasteiger partial charge in [-0.25, -0.2) is 9.18 Å². The number of urea groups is 1. The van der Waals surface area contributed by atoms with Crippen molar-refractivity contribution in [1.29, 1.82) is 0 Å². The van der Waals surface area contributed by atoms with Crippen LogP contribution in [-0.2, 0) is 9.47 Å². The summed E-state index contributed by atoms with van der Waals surface area (Å²) in [7, 11) is 0. The maximum atomic E-state index is 13.2. The van der Waals surface area contributed by atoms with Crippen LogP contribution in [0.1, 0.15) is 0 Å². The van der Waals surface area contributed by atoms with Crippen molar-refractivity contribution < 1.29 is 28.9 Å². The number of hydrogen-bond acceptors (Lipinski definition) is 7. The first-order valence-corrected chi connectivity index (χ1v) is 10.9. The van der Waals surface area contributed by atoms with Gasteiger partial charge in [0.05, 0.1) is 32.0 Å². The summed E-state index contributed by atoms with van der Waals surface area (Å²) in [6, 6.07) is 5.95. The first-order chi connectivity index (χ1) is 15.1. The van der Waals surface area contributed by atoms with Gasteiger partial charge in [-0.3, -0.25) is 4.90 Å². The fourth-order valence-corrected chi connectivity index (χ4v) is 4.59. The minimum Gasteiger partial charge on any atom is -0.394 e. The molecule has 1 aromatic carbocycles. The predicted octanol–water partition coefficient (Wildman–Crippen LogP) is -0.521. The van der Waals surface area contributed by atoms with Crippen LogP contribution in [0.4, 0.5) is 14.9 Å². The van der Waals surface area contributed by atoms with Crippen molar-refractivity contribution in [1.82, 2.24) is 15.1 Å². The molecule has 0 spiro atoms. The van der Waals surface area contributed by atoms with Gasteiger partial charge in [0.1, 0.15) is 18.0 Å². The van der Waals surface area contributed by atoms with Gasteiger partial charge in [-0.05, 0) is 24.3 Å². The summed E-state index contributed by atoms with van der Waals surface area (Å²) >= 11 is 0. The van der Waals surface area contributed by atoms with E-state index in [0.717, 1.165) is 18.8 Å². The number of anilines is 1. The van der Waals surface area contributed by atoms with E-state index in [2.05, 4.69) is 15.1 Å². The second kappa shape index (κ2) is 10.1.